The van der Waals surface area contributed by atoms with E-state index < -0.39 is 6.04 Å². The molecule has 0 saturated carbocycles. The van der Waals surface area contributed by atoms with Gasteiger partial charge in [-0.15, -0.1) is 5.10 Å². The molecule has 3 aromatic rings. The van der Waals surface area contributed by atoms with Crippen molar-refractivity contribution >= 4 is 23.2 Å². The van der Waals surface area contributed by atoms with Crippen molar-refractivity contribution in [1.82, 2.24) is 15.0 Å². The van der Waals surface area contributed by atoms with E-state index in [1.165, 1.54) is 0 Å². The molecule has 0 spiro atoms. The van der Waals surface area contributed by atoms with E-state index in [1.807, 2.05) is 36.4 Å². The maximum atomic E-state index is 6.32. The van der Waals surface area contributed by atoms with Gasteiger partial charge in [0.05, 0.1) is 33.7 Å². The molecule has 6 heteroatoms. The molecular formula is C15H12Cl2N4. The van der Waals surface area contributed by atoms with Crippen molar-refractivity contribution in [3.05, 3.63) is 76.0 Å². The molecule has 0 fully saturated rings. The lowest BCUT2D eigenvalue weighted by Gasteiger charge is -2.14. The molecule has 1 heterocycles. The molecule has 2 N–H and O–H groups in total. The summed E-state index contributed by atoms with van der Waals surface area (Å²) in [5.41, 5.74) is 8.85. The number of nitrogens with zero attached hydrogens (tertiary/aromatic N) is 3. The zero-order chi connectivity index (χ0) is 14.8. The van der Waals surface area contributed by atoms with Gasteiger partial charge in [0.25, 0.3) is 0 Å². The SMILES string of the molecule is NC(c1ccc(Cl)c(Cl)c1)c1cnnn1-c1ccccc1. The van der Waals surface area contributed by atoms with Crippen LogP contribution in [0.3, 0.4) is 0 Å². The maximum absolute atomic E-state index is 6.32. The summed E-state index contributed by atoms with van der Waals surface area (Å²) in [6.45, 7) is 0. The Balaban J connectivity index is 2.01. The maximum Gasteiger partial charge on any atom is 0.0858 e. The van der Waals surface area contributed by atoms with Gasteiger partial charge >= 0.3 is 0 Å². The number of benzene rings is 2. The topological polar surface area (TPSA) is 56.7 Å². The Morgan fingerprint density at radius 2 is 1.76 bits per heavy atom. The van der Waals surface area contributed by atoms with E-state index >= 15 is 0 Å². The summed E-state index contributed by atoms with van der Waals surface area (Å²) in [4.78, 5) is 0. The Morgan fingerprint density at radius 3 is 2.48 bits per heavy atom. The molecule has 1 unspecified atom stereocenters. The van der Waals surface area contributed by atoms with Crippen molar-refractivity contribution < 1.29 is 0 Å². The van der Waals surface area contributed by atoms with Crippen LogP contribution >= 0.6 is 23.2 Å². The highest BCUT2D eigenvalue weighted by Crippen LogP contribution is 2.28. The predicted molar refractivity (Wildman–Crippen MR) is 83.9 cm³/mol. The first-order chi connectivity index (χ1) is 10.2. The van der Waals surface area contributed by atoms with Crippen LogP contribution in [0.5, 0.6) is 0 Å². The minimum absolute atomic E-state index is 0.394. The van der Waals surface area contributed by atoms with Gasteiger partial charge in [0.2, 0.25) is 0 Å². The average Bonchev–Trinajstić information content (AvgIpc) is 2.99. The Hall–Kier alpha value is -1.88. The summed E-state index contributed by atoms with van der Waals surface area (Å²) in [6, 6.07) is 14.7. The van der Waals surface area contributed by atoms with Gasteiger partial charge in [-0.2, -0.15) is 0 Å². The first-order valence-corrected chi connectivity index (χ1v) is 7.09. The highest BCUT2D eigenvalue weighted by atomic mass is 35.5. The zero-order valence-electron chi connectivity index (χ0n) is 10.9. The van der Waals surface area contributed by atoms with E-state index in [9.17, 15) is 0 Å². The summed E-state index contributed by atoms with van der Waals surface area (Å²) >= 11 is 12.0. The van der Waals surface area contributed by atoms with Gasteiger partial charge in [-0.3, -0.25) is 0 Å². The molecule has 0 aliphatic heterocycles. The predicted octanol–water partition coefficient (Wildman–Crippen LogP) is 3.62. The summed E-state index contributed by atoms with van der Waals surface area (Å²) in [7, 11) is 0. The average molecular weight is 319 g/mol. The number of hydrogen-bond acceptors (Lipinski definition) is 3. The smallest absolute Gasteiger partial charge is 0.0858 e. The van der Waals surface area contributed by atoms with E-state index in [1.54, 1.807) is 23.0 Å². The molecular weight excluding hydrogens is 307 g/mol. The first-order valence-electron chi connectivity index (χ1n) is 6.33. The van der Waals surface area contributed by atoms with Crippen molar-refractivity contribution in [2.75, 3.05) is 0 Å². The zero-order valence-corrected chi connectivity index (χ0v) is 12.5. The number of hydrogen-bond donors (Lipinski definition) is 1. The molecule has 0 amide bonds. The van der Waals surface area contributed by atoms with Crippen LogP contribution in [0.1, 0.15) is 17.3 Å². The molecule has 4 nitrogen and oxygen atoms in total. The van der Waals surface area contributed by atoms with Crippen LogP contribution in [-0.2, 0) is 0 Å². The second-order valence-corrected chi connectivity index (χ2v) is 5.37. The van der Waals surface area contributed by atoms with Crippen molar-refractivity contribution in [3.63, 3.8) is 0 Å². The van der Waals surface area contributed by atoms with Crippen LogP contribution in [0.25, 0.3) is 5.69 Å². The summed E-state index contributed by atoms with van der Waals surface area (Å²) in [5.74, 6) is 0. The highest BCUT2D eigenvalue weighted by molar-refractivity contribution is 6.42. The third kappa shape index (κ3) is 2.78. The molecule has 0 bridgehead atoms. The number of aromatic nitrogens is 3. The molecule has 21 heavy (non-hydrogen) atoms. The van der Waals surface area contributed by atoms with E-state index in [-0.39, 0.29) is 0 Å². The van der Waals surface area contributed by atoms with E-state index in [0.29, 0.717) is 10.0 Å². The van der Waals surface area contributed by atoms with Gasteiger partial charge in [-0.25, -0.2) is 4.68 Å². The normalized spacial score (nSPS) is 12.3. The third-order valence-electron chi connectivity index (χ3n) is 3.20. The summed E-state index contributed by atoms with van der Waals surface area (Å²) < 4.78 is 1.72. The Labute approximate surface area is 132 Å². The fourth-order valence-corrected chi connectivity index (χ4v) is 2.41. The van der Waals surface area contributed by atoms with Crippen LogP contribution in [0.4, 0.5) is 0 Å². The van der Waals surface area contributed by atoms with Gasteiger partial charge in [-0.05, 0) is 29.8 Å². The highest BCUT2D eigenvalue weighted by Gasteiger charge is 2.17. The van der Waals surface area contributed by atoms with E-state index in [0.717, 1.165) is 16.9 Å². The fraction of sp³-hybridized carbons (Fsp3) is 0.0667. The molecule has 0 aliphatic carbocycles. The molecule has 0 aliphatic rings. The van der Waals surface area contributed by atoms with E-state index in [2.05, 4.69) is 10.3 Å². The lowest BCUT2D eigenvalue weighted by molar-refractivity contribution is 0.720. The molecule has 0 radical (unpaired) electrons. The van der Waals surface area contributed by atoms with Crippen LogP contribution in [0, 0.1) is 0 Å². The Bertz CT molecular complexity index is 755. The first kappa shape index (κ1) is 14.1. The fourth-order valence-electron chi connectivity index (χ4n) is 2.10. The van der Waals surface area contributed by atoms with Gasteiger partial charge in [0.15, 0.2) is 0 Å². The lowest BCUT2D eigenvalue weighted by atomic mass is 10.1. The van der Waals surface area contributed by atoms with Crippen molar-refractivity contribution in [1.29, 1.82) is 0 Å². The second kappa shape index (κ2) is 5.85. The Morgan fingerprint density at radius 1 is 1.00 bits per heavy atom. The minimum Gasteiger partial charge on any atom is -0.319 e. The van der Waals surface area contributed by atoms with Crippen molar-refractivity contribution in [2.24, 2.45) is 5.73 Å². The van der Waals surface area contributed by atoms with Crippen molar-refractivity contribution in [2.45, 2.75) is 6.04 Å². The number of para-hydroxylation sites is 1. The van der Waals surface area contributed by atoms with Gasteiger partial charge in [0.1, 0.15) is 0 Å². The van der Waals surface area contributed by atoms with Crippen LogP contribution in [0.15, 0.2) is 54.7 Å². The van der Waals surface area contributed by atoms with Gasteiger partial charge < -0.3 is 5.73 Å². The quantitative estimate of drug-likeness (QED) is 0.802. The van der Waals surface area contributed by atoms with Gasteiger partial charge in [0, 0.05) is 0 Å². The number of rotatable bonds is 3. The molecule has 0 saturated heterocycles. The Kier molecular flexibility index (Phi) is 3.92. The van der Waals surface area contributed by atoms with Crippen LogP contribution in [0.2, 0.25) is 10.0 Å². The third-order valence-corrected chi connectivity index (χ3v) is 3.94. The van der Waals surface area contributed by atoms with Gasteiger partial charge in [-0.1, -0.05) is 52.7 Å². The molecule has 1 aromatic heterocycles. The number of nitrogens with two attached hydrogens (primary N) is 1. The molecule has 3 rings (SSSR count). The molecule has 106 valence electrons. The summed E-state index contributed by atoms with van der Waals surface area (Å²) in [6.07, 6.45) is 1.65. The minimum atomic E-state index is -0.394. The van der Waals surface area contributed by atoms with E-state index in [4.69, 9.17) is 28.9 Å². The van der Waals surface area contributed by atoms with Crippen molar-refractivity contribution in [3.8, 4) is 5.69 Å². The van der Waals surface area contributed by atoms with Crippen LogP contribution < -0.4 is 5.73 Å². The standard InChI is InChI=1S/C15H12Cl2N4/c16-12-7-6-10(8-13(12)17)15(18)14-9-19-20-21(14)11-4-2-1-3-5-11/h1-9,15H,18H2. The molecule has 1 atom stereocenters. The second-order valence-electron chi connectivity index (χ2n) is 4.56. The van der Waals surface area contributed by atoms with Crippen LogP contribution in [-0.4, -0.2) is 15.0 Å². The largest absolute Gasteiger partial charge is 0.319 e. The lowest BCUT2D eigenvalue weighted by Crippen LogP contribution is -2.16. The molecule has 2 aromatic carbocycles. The monoisotopic (exact) mass is 318 g/mol. The number of halogens is 2. The summed E-state index contributed by atoms with van der Waals surface area (Å²) in [5, 5.41) is 9.04.